The largest absolute Gasteiger partial charge is 0.0979 e. The minimum atomic E-state index is 0.996. The summed E-state index contributed by atoms with van der Waals surface area (Å²) < 4.78 is 0.996. The molecule has 0 rings (SSSR count). The summed E-state index contributed by atoms with van der Waals surface area (Å²) in [6, 6.07) is 0. The second-order valence-electron chi connectivity index (χ2n) is 3.85. The molecule has 0 fully saturated rings. The van der Waals surface area contributed by atoms with Gasteiger partial charge in [0.15, 0.2) is 0 Å². The van der Waals surface area contributed by atoms with E-state index < -0.39 is 0 Å². The molecule has 0 aromatic carbocycles. The Labute approximate surface area is 120 Å². The monoisotopic (exact) mass is 306 g/mol. The van der Waals surface area contributed by atoms with E-state index in [4.69, 9.17) is 0 Å². The van der Waals surface area contributed by atoms with Crippen molar-refractivity contribution in [2.45, 2.75) is 33.1 Å². The molecule has 0 saturated carbocycles. The normalized spacial score (nSPS) is 14.2. The summed E-state index contributed by atoms with van der Waals surface area (Å²) in [5, 5.41) is 0. The molecule has 0 saturated heterocycles. The Balaban J connectivity index is 4.47. The van der Waals surface area contributed by atoms with Gasteiger partial charge < -0.3 is 0 Å². The maximum absolute atomic E-state index is 3.68. The van der Waals surface area contributed by atoms with Crippen molar-refractivity contribution in [2.75, 3.05) is 0 Å². The topological polar surface area (TPSA) is 0 Å². The number of hydrogen-bond acceptors (Lipinski definition) is 0. The molecule has 98 valence electrons. The zero-order chi connectivity index (χ0) is 13.6. The lowest BCUT2D eigenvalue weighted by Gasteiger charge is -2.00. The van der Waals surface area contributed by atoms with E-state index in [9.17, 15) is 0 Å². The molecule has 0 aromatic rings. The molecule has 18 heavy (non-hydrogen) atoms. The summed E-state index contributed by atoms with van der Waals surface area (Å²) >= 11 is 3.39. The van der Waals surface area contributed by atoms with Gasteiger partial charge in [-0.1, -0.05) is 76.7 Å². The lowest BCUT2D eigenvalue weighted by Crippen LogP contribution is -1.81. The Morgan fingerprint density at radius 2 is 1.72 bits per heavy atom. The van der Waals surface area contributed by atoms with Crippen LogP contribution >= 0.6 is 15.9 Å². The predicted molar refractivity (Wildman–Crippen MR) is 87.9 cm³/mol. The van der Waals surface area contributed by atoms with Crippen LogP contribution in [0.25, 0.3) is 0 Å². The number of allylic oxidation sites excluding steroid dienone is 11. The highest BCUT2D eigenvalue weighted by Crippen LogP contribution is 2.12. The Morgan fingerprint density at radius 3 is 2.33 bits per heavy atom. The van der Waals surface area contributed by atoms with Gasteiger partial charge in [-0.3, -0.25) is 0 Å². The van der Waals surface area contributed by atoms with E-state index >= 15 is 0 Å². The molecule has 0 atom stereocenters. The zero-order valence-electron chi connectivity index (χ0n) is 11.4. The van der Waals surface area contributed by atoms with Crippen molar-refractivity contribution in [2.24, 2.45) is 0 Å². The van der Waals surface area contributed by atoms with Gasteiger partial charge in [-0.2, -0.15) is 0 Å². The molecule has 0 amide bonds. The number of hydrogen-bond donors (Lipinski definition) is 0. The first-order valence-electron chi connectivity index (χ1n) is 6.31. The maximum atomic E-state index is 3.68. The SMILES string of the molecule is C=C\C(Br)=C/C=C/C=C(/C/C=C/C)CC/C=C/C. The van der Waals surface area contributed by atoms with Crippen molar-refractivity contribution >= 4 is 15.9 Å². The molecule has 1 heteroatoms. The van der Waals surface area contributed by atoms with Gasteiger partial charge in [-0.05, 0) is 39.2 Å². The van der Waals surface area contributed by atoms with E-state index in [0.717, 1.165) is 23.7 Å². The van der Waals surface area contributed by atoms with Gasteiger partial charge in [-0.25, -0.2) is 0 Å². The molecule has 0 nitrogen and oxygen atoms in total. The fourth-order valence-electron chi connectivity index (χ4n) is 1.37. The van der Waals surface area contributed by atoms with Crippen LogP contribution in [0.4, 0.5) is 0 Å². The van der Waals surface area contributed by atoms with Gasteiger partial charge in [-0.15, -0.1) is 0 Å². The molecular formula is C17H23Br. The summed E-state index contributed by atoms with van der Waals surface area (Å²) in [6.45, 7) is 7.80. The van der Waals surface area contributed by atoms with E-state index in [-0.39, 0.29) is 0 Å². The molecule has 0 unspecified atom stereocenters. The van der Waals surface area contributed by atoms with Gasteiger partial charge in [0.25, 0.3) is 0 Å². The van der Waals surface area contributed by atoms with Crippen molar-refractivity contribution in [3.63, 3.8) is 0 Å². The fraction of sp³-hybridized carbons (Fsp3) is 0.294. The second kappa shape index (κ2) is 12.4. The molecule has 0 spiro atoms. The summed E-state index contributed by atoms with van der Waals surface area (Å²) in [6.07, 6.45) is 21.9. The highest BCUT2D eigenvalue weighted by atomic mass is 79.9. The highest BCUT2D eigenvalue weighted by Gasteiger charge is 1.92. The van der Waals surface area contributed by atoms with Crippen molar-refractivity contribution < 1.29 is 0 Å². The third kappa shape index (κ3) is 10.1. The van der Waals surface area contributed by atoms with Crippen LogP contribution in [0.2, 0.25) is 0 Å². The Morgan fingerprint density at radius 1 is 1.06 bits per heavy atom. The minimum Gasteiger partial charge on any atom is -0.0979 e. The lowest BCUT2D eigenvalue weighted by molar-refractivity contribution is 0.938. The third-order valence-corrected chi connectivity index (χ3v) is 2.97. The summed E-state index contributed by atoms with van der Waals surface area (Å²) in [5.41, 5.74) is 1.45. The second-order valence-corrected chi connectivity index (χ2v) is 4.76. The summed E-state index contributed by atoms with van der Waals surface area (Å²) in [4.78, 5) is 0. The highest BCUT2D eigenvalue weighted by molar-refractivity contribution is 9.11. The Bertz CT molecular complexity index is 365. The van der Waals surface area contributed by atoms with E-state index in [2.05, 4.69) is 72.8 Å². The van der Waals surface area contributed by atoms with Crippen molar-refractivity contribution in [3.05, 3.63) is 71.3 Å². The van der Waals surface area contributed by atoms with Gasteiger partial charge in [0.2, 0.25) is 0 Å². The van der Waals surface area contributed by atoms with Crippen LogP contribution in [-0.2, 0) is 0 Å². The van der Waals surface area contributed by atoms with Crippen molar-refractivity contribution in [3.8, 4) is 0 Å². The minimum absolute atomic E-state index is 0.996. The van der Waals surface area contributed by atoms with Gasteiger partial charge >= 0.3 is 0 Å². The van der Waals surface area contributed by atoms with Gasteiger partial charge in [0.05, 0.1) is 0 Å². The Hall–Kier alpha value is -1.08. The average Bonchev–Trinajstić information content (AvgIpc) is 2.39. The van der Waals surface area contributed by atoms with Crippen molar-refractivity contribution in [1.82, 2.24) is 0 Å². The van der Waals surface area contributed by atoms with Crippen LogP contribution in [0.15, 0.2) is 71.3 Å². The van der Waals surface area contributed by atoms with E-state index in [1.165, 1.54) is 5.57 Å². The molecule has 0 aliphatic rings. The lowest BCUT2D eigenvalue weighted by atomic mass is 10.1. The van der Waals surface area contributed by atoms with Crippen LogP contribution in [0.1, 0.15) is 33.1 Å². The van der Waals surface area contributed by atoms with Gasteiger partial charge in [0.1, 0.15) is 0 Å². The summed E-state index contributed by atoms with van der Waals surface area (Å²) in [5.74, 6) is 0. The van der Waals surface area contributed by atoms with Crippen LogP contribution < -0.4 is 0 Å². The average molecular weight is 307 g/mol. The standard InChI is InChI=1S/C17H23Br/c1-4-7-9-13-16(12-8-5-2)14-10-11-15-17(18)6-3/h4-8,10-11,14-15H,3,9,12-13H2,1-2H3/b7-4+,8-5+,11-10+,16-14-,17-15+. The molecule has 0 aliphatic carbocycles. The van der Waals surface area contributed by atoms with Crippen LogP contribution in [0.3, 0.4) is 0 Å². The quantitative estimate of drug-likeness (QED) is 0.367. The van der Waals surface area contributed by atoms with Crippen molar-refractivity contribution in [1.29, 1.82) is 0 Å². The molecule has 0 aromatic heterocycles. The van der Waals surface area contributed by atoms with Crippen LogP contribution in [0, 0.1) is 0 Å². The summed E-state index contributed by atoms with van der Waals surface area (Å²) in [7, 11) is 0. The van der Waals surface area contributed by atoms with Gasteiger partial charge in [0, 0.05) is 4.48 Å². The van der Waals surface area contributed by atoms with E-state index in [1.807, 2.05) is 12.2 Å². The predicted octanol–water partition coefficient (Wildman–Crippen LogP) is 6.26. The molecule has 0 N–H and O–H groups in total. The first-order chi connectivity index (χ1) is 8.74. The van der Waals surface area contributed by atoms with E-state index in [0.29, 0.717) is 0 Å². The van der Waals surface area contributed by atoms with E-state index in [1.54, 1.807) is 6.08 Å². The first-order valence-corrected chi connectivity index (χ1v) is 7.10. The molecule has 0 heterocycles. The van der Waals surface area contributed by atoms with Crippen LogP contribution in [0.5, 0.6) is 0 Å². The molecule has 0 bridgehead atoms. The number of rotatable bonds is 8. The maximum Gasteiger partial charge on any atom is 0.0169 e. The third-order valence-electron chi connectivity index (χ3n) is 2.38. The molecule has 0 radical (unpaired) electrons. The zero-order valence-corrected chi connectivity index (χ0v) is 13.0. The smallest absolute Gasteiger partial charge is 0.0169 e. The Kier molecular flexibility index (Phi) is 11.6. The van der Waals surface area contributed by atoms with Crippen LogP contribution in [-0.4, -0.2) is 0 Å². The molecule has 0 aliphatic heterocycles. The molecular weight excluding hydrogens is 284 g/mol. The first kappa shape index (κ1) is 16.9. The number of halogens is 1. The fourth-order valence-corrected chi connectivity index (χ4v) is 1.52.